The van der Waals surface area contributed by atoms with E-state index >= 15 is 0 Å². The van der Waals surface area contributed by atoms with Gasteiger partial charge in [0, 0.05) is 25.3 Å². The fraction of sp³-hybridized carbons (Fsp3) is 0.647. The van der Waals surface area contributed by atoms with Gasteiger partial charge in [0.1, 0.15) is 5.82 Å². The average Bonchev–Trinajstić information content (AvgIpc) is 2.47. The average molecular weight is 309 g/mol. The van der Waals surface area contributed by atoms with Crippen molar-refractivity contribution >= 4 is 11.4 Å². The standard InChI is InChI=1S/C17H28FN3O/c1-13-11-21(12-14(2)22-13)15-6-7-17(16(18)10-15)20-9-5-3-4-8-19/h6-7,10,13-14,20H,3-5,8-9,11-12,19H2,1-2H3/t13-,14+. The molecular formula is C17H28FN3O. The Kier molecular flexibility index (Phi) is 6.46. The molecule has 1 aromatic rings. The zero-order chi connectivity index (χ0) is 15.9. The number of morpholine rings is 1. The van der Waals surface area contributed by atoms with E-state index in [9.17, 15) is 4.39 Å². The van der Waals surface area contributed by atoms with Gasteiger partial charge in [-0.1, -0.05) is 6.42 Å². The molecule has 5 heteroatoms. The van der Waals surface area contributed by atoms with E-state index in [1.165, 1.54) is 0 Å². The molecule has 2 atom stereocenters. The van der Waals surface area contributed by atoms with E-state index in [1.807, 2.05) is 12.1 Å². The van der Waals surface area contributed by atoms with E-state index in [0.29, 0.717) is 5.69 Å². The molecule has 1 aliphatic rings. The Bertz CT molecular complexity index is 459. The maximum Gasteiger partial charge on any atom is 0.148 e. The summed E-state index contributed by atoms with van der Waals surface area (Å²) in [6.07, 6.45) is 3.46. The zero-order valence-electron chi connectivity index (χ0n) is 13.6. The summed E-state index contributed by atoms with van der Waals surface area (Å²) in [6.45, 7) is 7.21. The van der Waals surface area contributed by atoms with E-state index in [0.717, 1.165) is 51.1 Å². The smallest absolute Gasteiger partial charge is 0.148 e. The van der Waals surface area contributed by atoms with Crippen molar-refractivity contribution in [1.82, 2.24) is 0 Å². The minimum Gasteiger partial charge on any atom is -0.383 e. The van der Waals surface area contributed by atoms with Gasteiger partial charge in [-0.15, -0.1) is 0 Å². The van der Waals surface area contributed by atoms with Crippen LogP contribution in [0.2, 0.25) is 0 Å². The van der Waals surface area contributed by atoms with Gasteiger partial charge >= 0.3 is 0 Å². The van der Waals surface area contributed by atoms with Gasteiger partial charge < -0.3 is 20.7 Å². The Hall–Kier alpha value is -1.33. The molecule has 3 N–H and O–H groups in total. The van der Waals surface area contributed by atoms with E-state index in [4.69, 9.17) is 10.5 Å². The molecule has 0 bridgehead atoms. The normalized spacial score (nSPS) is 21.9. The number of ether oxygens (including phenoxy) is 1. The number of hydrogen-bond donors (Lipinski definition) is 2. The summed E-state index contributed by atoms with van der Waals surface area (Å²) >= 11 is 0. The first-order chi connectivity index (χ1) is 10.6. The maximum absolute atomic E-state index is 14.2. The van der Waals surface area contributed by atoms with E-state index in [2.05, 4.69) is 24.1 Å². The molecule has 1 aromatic carbocycles. The highest BCUT2D eigenvalue weighted by Crippen LogP contribution is 2.25. The van der Waals surface area contributed by atoms with Crippen molar-refractivity contribution in [3.05, 3.63) is 24.0 Å². The van der Waals surface area contributed by atoms with Crippen LogP contribution in [0.1, 0.15) is 33.1 Å². The van der Waals surface area contributed by atoms with E-state index in [1.54, 1.807) is 6.07 Å². The maximum atomic E-state index is 14.2. The lowest BCUT2D eigenvalue weighted by molar-refractivity contribution is -0.00523. The number of nitrogens with zero attached hydrogens (tertiary/aromatic N) is 1. The fourth-order valence-corrected chi connectivity index (χ4v) is 2.90. The SMILES string of the molecule is C[C@@H]1CN(c2ccc(NCCCCCN)c(F)c2)C[C@H](C)O1. The van der Waals surface area contributed by atoms with Crippen LogP contribution in [0, 0.1) is 5.82 Å². The number of unbranched alkanes of at least 4 members (excludes halogenated alkanes) is 2. The second-order valence-corrected chi connectivity index (χ2v) is 6.10. The predicted molar refractivity (Wildman–Crippen MR) is 90.0 cm³/mol. The van der Waals surface area contributed by atoms with Gasteiger partial charge in [0.2, 0.25) is 0 Å². The highest BCUT2D eigenvalue weighted by atomic mass is 19.1. The topological polar surface area (TPSA) is 50.5 Å². The number of nitrogens with two attached hydrogens (primary N) is 1. The Morgan fingerprint density at radius 1 is 1.23 bits per heavy atom. The number of halogens is 1. The van der Waals surface area contributed by atoms with Crippen molar-refractivity contribution in [2.45, 2.75) is 45.3 Å². The molecule has 0 saturated carbocycles. The molecule has 0 amide bonds. The third-order valence-corrected chi connectivity index (χ3v) is 3.93. The number of hydrogen-bond acceptors (Lipinski definition) is 4. The van der Waals surface area contributed by atoms with Crippen LogP contribution in [-0.4, -0.2) is 38.4 Å². The fourth-order valence-electron chi connectivity index (χ4n) is 2.90. The summed E-state index contributed by atoms with van der Waals surface area (Å²) in [7, 11) is 0. The molecular weight excluding hydrogens is 281 g/mol. The van der Waals surface area contributed by atoms with Crippen molar-refractivity contribution in [3.8, 4) is 0 Å². The summed E-state index contributed by atoms with van der Waals surface area (Å²) in [6, 6.07) is 5.43. The number of nitrogens with one attached hydrogen (secondary N) is 1. The number of benzene rings is 1. The number of anilines is 2. The summed E-state index contributed by atoms with van der Waals surface area (Å²) < 4.78 is 20.0. The molecule has 0 unspecified atom stereocenters. The first kappa shape index (κ1) is 17.0. The number of rotatable bonds is 7. The molecule has 4 nitrogen and oxygen atoms in total. The quantitative estimate of drug-likeness (QED) is 0.760. The first-order valence-electron chi connectivity index (χ1n) is 8.24. The molecule has 0 aromatic heterocycles. The second kappa shape index (κ2) is 8.34. The molecule has 0 spiro atoms. The highest BCUT2D eigenvalue weighted by Gasteiger charge is 2.22. The first-order valence-corrected chi connectivity index (χ1v) is 8.24. The van der Waals surface area contributed by atoms with Crippen LogP contribution < -0.4 is 16.0 Å². The zero-order valence-corrected chi connectivity index (χ0v) is 13.6. The molecule has 1 heterocycles. The van der Waals surface area contributed by atoms with Crippen LogP contribution in [0.25, 0.3) is 0 Å². The molecule has 124 valence electrons. The highest BCUT2D eigenvalue weighted by molar-refractivity contribution is 5.56. The van der Waals surface area contributed by atoms with Crippen LogP contribution in [-0.2, 0) is 4.74 Å². The Labute approximate surface area is 132 Å². The van der Waals surface area contributed by atoms with Gasteiger partial charge in [0.25, 0.3) is 0 Å². The summed E-state index contributed by atoms with van der Waals surface area (Å²) in [5.41, 5.74) is 6.96. The summed E-state index contributed by atoms with van der Waals surface area (Å²) in [5.74, 6) is -0.192. The minimum absolute atomic E-state index is 0.173. The van der Waals surface area contributed by atoms with Crippen molar-refractivity contribution in [2.24, 2.45) is 5.73 Å². The third kappa shape index (κ3) is 4.85. The molecule has 1 aliphatic heterocycles. The third-order valence-electron chi connectivity index (χ3n) is 3.93. The van der Waals surface area contributed by atoms with Crippen LogP contribution in [0.15, 0.2) is 18.2 Å². The van der Waals surface area contributed by atoms with Crippen LogP contribution in [0.3, 0.4) is 0 Å². The van der Waals surface area contributed by atoms with E-state index in [-0.39, 0.29) is 18.0 Å². The molecule has 22 heavy (non-hydrogen) atoms. The Morgan fingerprint density at radius 2 is 1.95 bits per heavy atom. The second-order valence-electron chi connectivity index (χ2n) is 6.10. The molecule has 0 radical (unpaired) electrons. The van der Waals surface area contributed by atoms with Gasteiger partial charge in [-0.3, -0.25) is 0 Å². The van der Waals surface area contributed by atoms with Crippen molar-refractivity contribution in [3.63, 3.8) is 0 Å². The van der Waals surface area contributed by atoms with Crippen LogP contribution >= 0.6 is 0 Å². The predicted octanol–water partition coefficient (Wildman–Crippen LogP) is 2.98. The van der Waals surface area contributed by atoms with Gasteiger partial charge in [-0.2, -0.15) is 0 Å². The van der Waals surface area contributed by atoms with Gasteiger partial charge in [-0.05, 0) is 51.4 Å². The monoisotopic (exact) mass is 309 g/mol. The van der Waals surface area contributed by atoms with Gasteiger partial charge in [0.05, 0.1) is 17.9 Å². The molecule has 2 rings (SSSR count). The Morgan fingerprint density at radius 3 is 2.59 bits per heavy atom. The van der Waals surface area contributed by atoms with E-state index < -0.39 is 0 Å². The van der Waals surface area contributed by atoms with Crippen molar-refractivity contribution in [1.29, 1.82) is 0 Å². The lowest BCUT2D eigenvalue weighted by Crippen LogP contribution is -2.45. The summed E-state index contributed by atoms with van der Waals surface area (Å²) in [5, 5.41) is 3.16. The van der Waals surface area contributed by atoms with Gasteiger partial charge in [-0.25, -0.2) is 4.39 Å². The largest absolute Gasteiger partial charge is 0.383 e. The van der Waals surface area contributed by atoms with Crippen LogP contribution in [0.5, 0.6) is 0 Å². The lowest BCUT2D eigenvalue weighted by atomic mass is 10.2. The van der Waals surface area contributed by atoms with Gasteiger partial charge in [0.15, 0.2) is 0 Å². The minimum atomic E-state index is -0.192. The lowest BCUT2D eigenvalue weighted by Gasteiger charge is -2.37. The van der Waals surface area contributed by atoms with Crippen LogP contribution in [0.4, 0.5) is 15.8 Å². The van der Waals surface area contributed by atoms with Crippen molar-refractivity contribution < 1.29 is 9.13 Å². The summed E-state index contributed by atoms with van der Waals surface area (Å²) in [4.78, 5) is 2.19. The molecule has 1 fully saturated rings. The van der Waals surface area contributed by atoms with Crippen molar-refractivity contribution in [2.75, 3.05) is 36.4 Å². The Balaban J connectivity index is 1.91. The molecule has 1 saturated heterocycles. The molecule has 0 aliphatic carbocycles.